The van der Waals surface area contributed by atoms with Crippen LogP contribution in [0.3, 0.4) is 0 Å². The zero-order chi connectivity index (χ0) is 13.0. The number of hydrogen-bond acceptors (Lipinski definition) is 4. The summed E-state index contributed by atoms with van der Waals surface area (Å²) in [6.07, 6.45) is 6.29. The number of nitrogens with zero attached hydrogens (tertiary/aromatic N) is 1. The van der Waals surface area contributed by atoms with Crippen molar-refractivity contribution in [1.29, 1.82) is 0 Å². The topological polar surface area (TPSA) is 71.1 Å². The smallest absolute Gasteiger partial charge is 0.232 e. The molecular formula is C12H19N3O2S. The van der Waals surface area contributed by atoms with Crippen LogP contribution in [0.2, 0.25) is 0 Å². The highest BCUT2D eigenvalue weighted by atomic mass is 32.2. The number of sulfonamides is 1. The molecule has 100 valence electrons. The third-order valence-electron chi connectivity index (χ3n) is 2.75. The Kier molecular flexibility index (Phi) is 4.19. The van der Waals surface area contributed by atoms with E-state index in [1.807, 2.05) is 6.92 Å². The molecule has 1 saturated carbocycles. The first-order valence-electron chi connectivity index (χ1n) is 6.21. The van der Waals surface area contributed by atoms with Crippen molar-refractivity contribution in [3.05, 3.63) is 24.0 Å². The van der Waals surface area contributed by atoms with Crippen molar-refractivity contribution < 1.29 is 8.42 Å². The maximum Gasteiger partial charge on any atom is 0.232 e. The molecule has 18 heavy (non-hydrogen) atoms. The van der Waals surface area contributed by atoms with Gasteiger partial charge in [-0.2, -0.15) is 0 Å². The van der Waals surface area contributed by atoms with E-state index >= 15 is 0 Å². The molecule has 1 aromatic heterocycles. The van der Waals surface area contributed by atoms with E-state index in [1.165, 1.54) is 19.0 Å². The predicted molar refractivity (Wildman–Crippen MR) is 72.0 cm³/mol. The minimum absolute atomic E-state index is 0.140. The van der Waals surface area contributed by atoms with Gasteiger partial charge in [-0.25, -0.2) is 8.42 Å². The summed E-state index contributed by atoms with van der Waals surface area (Å²) in [4.78, 5) is 3.96. The number of aromatic nitrogens is 1. The summed E-state index contributed by atoms with van der Waals surface area (Å²) >= 11 is 0. The third kappa shape index (κ3) is 4.62. The van der Waals surface area contributed by atoms with Crippen LogP contribution in [0.5, 0.6) is 0 Å². The highest BCUT2D eigenvalue weighted by molar-refractivity contribution is 7.92. The molecule has 0 unspecified atom stereocenters. The standard InChI is InChI=1S/C12H19N3O2S/c1-10-7-12(9-13-8-10)15-18(16,17)6-2-5-14-11-3-4-11/h7-9,11,14-15H,2-6H2,1H3. The van der Waals surface area contributed by atoms with Crippen molar-refractivity contribution in [3.63, 3.8) is 0 Å². The van der Waals surface area contributed by atoms with E-state index in [0.29, 0.717) is 18.2 Å². The quantitative estimate of drug-likeness (QED) is 0.731. The van der Waals surface area contributed by atoms with Crippen molar-refractivity contribution in [1.82, 2.24) is 10.3 Å². The van der Waals surface area contributed by atoms with Gasteiger partial charge in [-0.05, 0) is 44.4 Å². The lowest BCUT2D eigenvalue weighted by atomic mass is 10.3. The van der Waals surface area contributed by atoms with Crippen LogP contribution >= 0.6 is 0 Å². The Morgan fingerprint density at radius 1 is 1.39 bits per heavy atom. The maximum absolute atomic E-state index is 11.8. The summed E-state index contributed by atoms with van der Waals surface area (Å²) in [6, 6.07) is 2.40. The van der Waals surface area contributed by atoms with Gasteiger partial charge in [-0.1, -0.05) is 0 Å². The second-order valence-electron chi connectivity index (χ2n) is 4.75. The SMILES string of the molecule is Cc1cncc(NS(=O)(=O)CCCNC2CC2)c1. The van der Waals surface area contributed by atoms with Crippen LogP contribution in [-0.2, 0) is 10.0 Å². The molecule has 0 saturated heterocycles. The van der Waals surface area contributed by atoms with Crippen LogP contribution in [0, 0.1) is 6.92 Å². The number of rotatable bonds is 7. The molecular weight excluding hydrogens is 250 g/mol. The van der Waals surface area contributed by atoms with Crippen molar-refractivity contribution in [2.75, 3.05) is 17.0 Å². The second kappa shape index (κ2) is 5.67. The number of anilines is 1. The van der Waals surface area contributed by atoms with Crippen LogP contribution in [0.15, 0.2) is 18.5 Å². The zero-order valence-corrected chi connectivity index (χ0v) is 11.3. The molecule has 0 aromatic carbocycles. The molecule has 1 heterocycles. The van der Waals surface area contributed by atoms with Gasteiger partial charge in [0.15, 0.2) is 0 Å². The molecule has 0 bridgehead atoms. The summed E-state index contributed by atoms with van der Waals surface area (Å²) < 4.78 is 26.2. The molecule has 0 amide bonds. The average molecular weight is 269 g/mol. The fraction of sp³-hybridized carbons (Fsp3) is 0.583. The van der Waals surface area contributed by atoms with Gasteiger partial charge in [0.1, 0.15) is 0 Å². The molecule has 0 aliphatic heterocycles. The fourth-order valence-electron chi connectivity index (χ4n) is 1.70. The van der Waals surface area contributed by atoms with E-state index in [2.05, 4.69) is 15.0 Å². The number of hydrogen-bond donors (Lipinski definition) is 2. The Morgan fingerprint density at radius 3 is 2.83 bits per heavy atom. The van der Waals surface area contributed by atoms with Gasteiger partial charge in [-0.15, -0.1) is 0 Å². The van der Waals surface area contributed by atoms with Gasteiger partial charge in [0.05, 0.1) is 17.6 Å². The first-order valence-corrected chi connectivity index (χ1v) is 7.86. The largest absolute Gasteiger partial charge is 0.314 e. The molecule has 1 fully saturated rings. The summed E-state index contributed by atoms with van der Waals surface area (Å²) in [5, 5.41) is 3.30. The lowest BCUT2D eigenvalue weighted by Gasteiger charge is -2.08. The van der Waals surface area contributed by atoms with Crippen LogP contribution in [0.25, 0.3) is 0 Å². The van der Waals surface area contributed by atoms with E-state index in [9.17, 15) is 8.42 Å². The lowest BCUT2D eigenvalue weighted by Crippen LogP contribution is -2.23. The predicted octanol–water partition coefficient (Wildman–Crippen LogP) is 1.27. The summed E-state index contributed by atoms with van der Waals surface area (Å²) in [5.41, 5.74) is 1.47. The van der Waals surface area contributed by atoms with Gasteiger partial charge in [0.25, 0.3) is 0 Å². The number of pyridine rings is 1. The van der Waals surface area contributed by atoms with E-state index < -0.39 is 10.0 Å². The number of aryl methyl sites for hydroxylation is 1. The molecule has 1 aromatic rings. The Bertz CT molecular complexity index is 498. The monoisotopic (exact) mass is 269 g/mol. The Balaban J connectivity index is 1.78. The third-order valence-corrected chi connectivity index (χ3v) is 4.12. The van der Waals surface area contributed by atoms with E-state index in [1.54, 1.807) is 12.3 Å². The highest BCUT2D eigenvalue weighted by Crippen LogP contribution is 2.18. The van der Waals surface area contributed by atoms with Gasteiger partial charge >= 0.3 is 0 Å². The van der Waals surface area contributed by atoms with Crippen molar-refractivity contribution in [2.24, 2.45) is 0 Å². The molecule has 0 radical (unpaired) electrons. The molecule has 2 rings (SSSR count). The number of nitrogens with one attached hydrogen (secondary N) is 2. The Hall–Kier alpha value is -1.14. The minimum Gasteiger partial charge on any atom is -0.314 e. The average Bonchev–Trinajstić information content (AvgIpc) is 3.07. The normalized spacial score (nSPS) is 15.6. The molecule has 2 N–H and O–H groups in total. The van der Waals surface area contributed by atoms with Crippen LogP contribution in [0.4, 0.5) is 5.69 Å². The van der Waals surface area contributed by atoms with Crippen LogP contribution in [-0.4, -0.2) is 31.7 Å². The molecule has 6 heteroatoms. The Labute approximate surface area is 108 Å². The van der Waals surface area contributed by atoms with E-state index in [4.69, 9.17) is 0 Å². The van der Waals surface area contributed by atoms with Crippen molar-refractivity contribution in [3.8, 4) is 0 Å². The van der Waals surface area contributed by atoms with Gasteiger partial charge < -0.3 is 5.32 Å². The van der Waals surface area contributed by atoms with Crippen molar-refractivity contribution >= 4 is 15.7 Å². The van der Waals surface area contributed by atoms with Crippen molar-refractivity contribution in [2.45, 2.75) is 32.2 Å². The first-order chi connectivity index (χ1) is 8.55. The fourth-order valence-corrected chi connectivity index (χ4v) is 2.79. The van der Waals surface area contributed by atoms with Gasteiger partial charge in [0.2, 0.25) is 10.0 Å². The van der Waals surface area contributed by atoms with Gasteiger partial charge in [0, 0.05) is 12.2 Å². The molecule has 1 aliphatic carbocycles. The Morgan fingerprint density at radius 2 is 2.17 bits per heavy atom. The molecule has 5 nitrogen and oxygen atoms in total. The van der Waals surface area contributed by atoms with E-state index in [-0.39, 0.29) is 5.75 Å². The van der Waals surface area contributed by atoms with E-state index in [0.717, 1.165) is 12.1 Å². The van der Waals surface area contributed by atoms with Crippen LogP contribution < -0.4 is 10.0 Å². The highest BCUT2D eigenvalue weighted by Gasteiger charge is 2.20. The zero-order valence-electron chi connectivity index (χ0n) is 10.5. The maximum atomic E-state index is 11.8. The molecule has 0 spiro atoms. The summed E-state index contributed by atoms with van der Waals surface area (Å²) in [5.74, 6) is 0.140. The first kappa shape index (κ1) is 13.3. The summed E-state index contributed by atoms with van der Waals surface area (Å²) in [6.45, 7) is 2.64. The molecule has 0 atom stereocenters. The minimum atomic E-state index is -3.26. The van der Waals surface area contributed by atoms with Crippen LogP contribution in [0.1, 0.15) is 24.8 Å². The summed E-state index contributed by atoms with van der Waals surface area (Å²) in [7, 11) is -3.26. The van der Waals surface area contributed by atoms with Gasteiger partial charge in [-0.3, -0.25) is 9.71 Å². The molecule has 1 aliphatic rings. The lowest BCUT2D eigenvalue weighted by molar-refractivity contribution is 0.593. The second-order valence-corrected chi connectivity index (χ2v) is 6.60.